The number of fused-ring (bicyclic) bond motifs is 3. The van der Waals surface area contributed by atoms with Gasteiger partial charge in [-0.25, -0.2) is 0 Å². The summed E-state index contributed by atoms with van der Waals surface area (Å²) in [4.78, 5) is 0. The lowest BCUT2D eigenvalue weighted by molar-refractivity contribution is 0.490. The predicted octanol–water partition coefficient (Wildman–Crippen LogP) is 5.08. The lowest BCUT2D eigenvalue weighted by atomic mass is 9.74. The van der Waals surface area contributed by atoms with E-state index in [2.05, 4.69) is 63.2 Å². The lowest BCUT2D eigenvalue weighted by Gasteiger charge is -2.29. The molecule has 1 aliphatic rings. The Morgan fingerprint density at radius 1 is 0.833 bits per heavy atom. The molecule has 0 bridgehead atoms. The van der Waals surface area contributed by atoms with E-state index in [1.807, 2.05) is 0 Å². The van der Waals surface area contributed by atoms with Crippen LogP contribution in [-0.4, -0.2) is 0 Å². The Labute approximate surface area is 110 Å². The van der Waals surface area contributed by atoms with E-state index in [4.69, 9.17) is 0 Å². The molecule has 2 aromatic carbocycles. The van der Waals surface area contributed by atoms with Crippen LogP contribution in [0, 0.1) is 6.92 Å². The molecule has 0 N–H and O–H groups in total. The molecule has 92 valence electrons. The van der Waals surface area contributed by atoms with E-state index in [0.717, 1.165) is 0 Å². The molecule has 0 saturated carbocycles. The van der Waals surface area contributed by atoms with Crippen molar-refractivity contribution in [3.8, 4) is 11.1 Å². The molecular weight excluding hydrogens is 216 g/mol. The van der Waals surface area contributed by atoms with Gasteiger partial charge in [0.15, 0.2) is 0 Å². The van der Waals surface area contributed by atoms with Crippen LogP contribution in [0.1, 0.15) is 43.4 Å². The Kier molecular flexibility index (Phi) is 2.55. The quantitative estimate of drug-likeness (QED) is 0.682. The van der Waals surface area contributed by atoms with Gasteiger partial charge in [-0.2, -0.15) is 0 Å². The van der Waals surface area contributed by atoms with Crippen LogP contribution in [0.4, 0.5) is 0 Å². The first-order valence-electron chi connectivity index (χ1n) is 6.94. The van der Waals surface area contributed by atoms with Crippen LogP contribution in [0.25, 0.3) is 11.1 Å². The van der Waals surface area contributed by atoms with E-state index < -0.39 is 0 Å². The highest BCUT2D eigenvalue weighted by atomic mass is 14.4. The van der Waals surface area contributed by atoms with E-state index in [0.29, 0.717) is 0 Å². The van der Waals surface area contributed by atoms with Crippen molar-refractivity contribution in [3.05, 3.63) is 59.2 Å². The number of hydrogen-bond donors (Lipinski definition) is 0. The normalized spacial score (nSPS) is 15.3. The summed E-state index contributed by atoms with van der Waals surface area (Å²) >= 11 is 0. The van der Waals surface area contributed by atoms with Gasteiger partial charge in [-0.3, -0.25) is 0 Å². The van der Waals surface area contributed by atoms with Crippen LogP contribution in [-0.2, 0) is 5.41 Å². The molecule has 0 saturated heterocycles. The van der Waals surface area contributed by atoms with Crippen molar-refractivity contribution in [2.75, 3.05) is 0 Å². The molecule has 2 aromatic rings. The van der Waals surface area contributed by atoms with Crippen molar-refractivity contribution in [1.29, 1.82) is 0 Å². The monoisotopic (exact) mass is 236 g/mol. The molecule has 3 rings (SSSR count). The summed E-state index contributed by atoms with van der Waals surface area (Å²) in [5.41, 5.74) is 7.64. The Balaban J connectivity index is 2.42. The van der Waals surface area contributed by atoms with E-state index in [-0.39, 0.29) is 5.41 Å². The third-order valence-corrected chi connectivity index (χ3v) is 4.71. The number of benzene rings is 2. The van der Waals surface area contributed by atoms with Crippen LogP contribution in [0.5, 0.6) is 0 Å². The molecule has 0 heteroatoms. The van der Waals surface area contributed by atoms with Gasteiger partial charge >= 0.3 is 0 Å². The van der Waals surface area contributed by atoms with Crippen molar-refractivity contribution < 1.29 is 0 Å². The minimum absolute atomic E-state index is 0.234. The van der Waals surface area contributed by atoms with Crippen molar-refractivity contribution in [1.82, 2.24) is 0 Å². The molecular formula is C18H20. The molecule has 0 atom stereocenters. The molecule has 0 aliphatic heterocycles. The fourth-order valence-electron chi connectivity index (χ4n) is 3.70. The minimum atomic E-state index is 0.234. The summed E-state index contributed by atoms with van der Waals surface area (Å²) in [6.45, 7) is 6.87. The summed E-state index contributed by atoms with van der Waals surface area (Å²) in [5.74, 6) is 0. The highest BCUT2D eigenvalue weighted by molar-refractivity contribution is 5.83. The molecule has 1 aliphatic carbocycles. The number of hydrogen-bond acceptors (Lipinski definition) is 0. The summed E-state index contributed by atoms with van der Waals surface area (Å²) in [6, 6.07) is 15.7. The van der Waals surface area contributed by atoms with Crippen LogP contribution < -0.4 is 0 Å². The van der Waals surface area contributed by atoms with Gasteiger partial charge in [0, 0.05) is 5.41 Å². The Morgan fingerprint density at radius 2 is 1.50 bits per heavy atom. The highest BCUT2D eigenvalue weighted by Crippen LogP contribution is 2.53. The molecule has 0 heterocycles. The molecule has 0 fully saturated rings. The van der Waals surface area contributed by atoms with Gasteiger partial charge < -0.3 is 0 Å². The fraction of sp³-hybridized carbons (Fsp3) is 0.333. The van der Waals surface area contributed by atoms with Gasteiger partial charge in [-0.15, -0.1) is 0 Å². The molecule has 0 unspecified atom stereocenters. The van der Waals surface area contributed by atoms with Gasteiger partial charge in [0.05, 0.1) is 0 Å². The number of rotatable bonds is 2. The van der Waals surface area contributed by atoms with E-state index >= 15 is 0 Å². The van der Waals surface area contributed by atoms with Crippen LogP contribution >= 0.6 is 0 Å². The lowest BCUT2D eigenvalue weighted by Crippen LogP contribution is -2.22. The zero-order chi connectivity index (χ0) is 12.8. The van der Waals surface area contributed by atoms with Crippen molar-refractivity contribution in [2.24, 2.45) is 0 Å². The second kappa shape index (κ2) is 3.98. The Bertz CT molecular complexity index is 589. The summed E-state index contributed by atoms with van der Waals surface area (Å²) in [7, 11) is 0. The first-order chi connectivity index (χ1) is 8.74. The van der Waals surface area contributed by atoms with Crippen LogP contribution in [0.2, 0.25) is 0 Å². The van der Waals surface area contributed by atoms with E-state index in [1.165, 1.54) is 40.7 Å². The van der Waals surface area contributed by atoms with Crippen molar-refractivity contribution in [3.63, 3.8) is 0 Å². The molecule has 0 amide bonds. The predicted molar refractivity (Wildman–Crippen MR) is 78.0 cm³/mol. The third-order valence-electron chi connectivity index (χ3n) is 4.71. The smallest absolute Gasteiger partial charge is 0.0210 e. The molecule has 0 nitrogen and oxygen atoms in total. The SMILES string of the molecule is CCC1(CC)c2ccccc2-c2c(C)cccc21. The maximum Gasteiger partial charge on any atom is 0.0210 e. The maximum absolute atomic E-state index is 2.33. The second-order valence-corrected chi connectivity index (χ2v) is 5.33. The summed E-state index contributed by atoms with van der Waals surface area (Å²) in [6.07, 6.45) is 2.36. The maximum atomic E-state index is 2.33. The average molecular weight is 236 g/mol. The van der Waals surface area contributed by atoms with Gasteiger partial charge in [0.25, 0.3) is 0 Å². The molecule has 0 radical (unpaired) electrons. The van der Waals surface area contributed by atoms with Gasteiger partial charge in [-0.05, 0) is 47.6 Å². The second-order valence-electron chi connectivity index (χ2n) is 5.33. The zero-order valence-electron chi connectivity index (χ0n) is 11.5. The van der Waals surface area contributed by atoms with Crippen molar-refractivity contribution in [2.45, 2.75) is 39.0 Å². The largest absolute Gasteiger partial charge is 0.0642 e. The van der Waals surface area contributed by atoms with Gasteiger partial charge in [0.2, 0.25) is 0 Å². The standard InChI is InChI=1S/C18H20/c1-4-18(5-2)15-11-7-6-10-14(15)17-13(3)9-8-12-16(17)18/h6-12H,4-5H2,1-3H3. The Morgan fingerprint density at radius 3 is 2.22 bits per heavy atom. The zero-order valence-corrected chi connectivity index (χ0v) is 11.5. The van der Waals surface area contributed by atoms with E-state index in [9.17, 15) is 0 Å². The average Bonchev–Trinajstić information content (AvgIpc) is 2.70. The first kappa shape index (κ1) is 11.5. The third kappa shape index (κ3) is 1.26. The van der Waals surface area contributed by atoms with Gasteiger partial charge in [-0.1, -0.05) is 56.3 Å². The van der Waals surface area contributed by atoms with Crippen molar-refractivity contribution >= 4 is 0 Å². The number of aryl methyl sites for hydroxylation is 1. The molecule has 0 aromatic heterocycles. The summed E-state index contributed by atoms with van der Waals surface area (Å²) < 4.78 is 0. The summed E-state index contributed by atoms with van der Waals surface area (Å²) in [5, 5.41) is 0. The van der Waals surface area contributed by atoms with Gasteiger partial charge in [0.1, 0.15) is 0 Å². The fourth-order valence-corrected chi connectivity index (χ4v) is 3.70. The minimum Gasteiger partial charge on any atom is -0.0642 e. The molecule has 0 spiro atoms. The van der Waals surface area contributed by atoms with Crippen LogP contribution in [0.15, 0.2) is 42.5 Å². The highest BCUT2D eigenvalue weighted by Gasteiger charge is 2.40. The van der Waals surface area contributed by atoms with Crippen LogP contribution in [0.3, 0.4) is 0 Å². The Hall–Kier alpha value is -1.56. The van der Waals surface area contributed by atoms with E-state index in [1.54, 1.807) is 0 Å². The molecule has 18 heavy (non-hydrogen) atoms. The topological polar surface area (TPSA) is 0 Å². The first-order valence-corrected chi connectivity index (χ1v) is 6.94.